The highest BCUT2D eigenvalue weighted by Crippen LogP contribution is 2.30. The topological polar surface area (TPSA) is 12.0 Å². The second-order valence-electron chi connectivity index (χ2n) is 4.10. The van der Waals surface area contributed by atoms with Crippen LogP contribution in [0.4, 0.5) is 0 Å². The second-order valence-corrected chi connectivity index (χ2v) is 4.10. The van der Waals surface area contributed by atoms with Gasteiger partial charge < -0.3 is 5.32 Å². The molecule has 2 heteroatoms. The molecule has 0 aromatic rings. The number of hydrogen-bond acceptors (Lipinski definition) is 1. The van der Waals surface area contributed by atoms with E-state index in [0.717, 1.165) is 12.0 Å². The molecule has 1 heterocycles. The quantitative estimate of drug-likeness (QED) is 0.669. The third-order valence-corrected chi connectivity index (χ3v) is 3.32. The lowest BCUT2D eigenvalue weighted by molar-refractivity contribution is 0.298. The average Bonchev–Trinajstić information content (AvgIpc) is 2.58. The van der Waals surface area contributed by atoms with Gasteiger partial charge in [0.2, 0.25) is 0 Å². The average molecular weight is 190 g/mol. The SMILES string of the molecule is C1CCC(C2CCCC2)NC1.Cl. The van der Waals surface area contributed by atoms with Crippen molar-refractivity contribution in [2.75, 3.05) is 6.54 Å². The van der Waals surface area contributed by atoms with Crippen LogP contribution in [0.3, 0.4) is 0 Å². The first-order valence-corrected chi connectivity index (χ1v) is 5.20. The van der Waals surface area contributed by atoms with Gasteiger partial charge >= 0.3 is 0 Å². The number of piperidine rings is 1. The molecule has 0 spiro atoms. The van der Waals surface area contributed by atoms with E-state index in [-0.39, 0.29) is 12.4 Å². The van der Waals surface area contributed by atoms with Crippen LogP contribution in [-0.2, 0) is 0 Å². The predicted molar refractivity (Wildman–Crippen MR) is 54.8 cm³/mol. The summed E-state index contributed by atoms with van der Waals surface area (Å²) >= 11 is 0. The number of rotatable bonds is 1. The highest BCUT2D eigenvalue weighted by molar-refractivity contribution is 5.85. The van der Waals surface area contributed by atoms with Crippen LogP contribution in [0.5, 0.6) is 0 Å². The highest BCUT2D eigenvalue weighted by atomic mass is 35.5. The standard InChI is InChI=1S/C10H19N.ClH/c1-2-6-9(5-1)10-7-3-4-8-11-10;/h9-11H,1-8H2;1H. The van der Waals surface area contributed by atoms with Crippen LogP contribution in [0.15, 0.2) is 0 Å². The Morgan fingerprint density at radius 2 is 1.50 bits per heavy atom. The second kappa shape index (κ2) is 5.08. The summed E-state index contributed by atoms with van der Waals surface area (Å²) in [6.45, 7) is 1.28. The molecular formula is C10H20ClN. The van der Waals surface area contributed by atoms with Crippen LogP contribution in [0.25, 0.3) is 0 Å². The molecule has 0 aromatic carbocycles. The van der Waals surface area contributed by atoms with Crippen molar-refractivity contribution in [3.63, 3.8) is 0 Å². The van der Waals surface area contributed by atoms with Crippen LogP contribution in [0.2, 0.25) is 0 Å². The molecule has 1 unspecified atom stereocenters. The van der Waals surface area contributed by atoms with Gasteiger partial charge in [-0.1, -0.05) is 19.3 Å². The van der Waals surface area contributed by atoms with E-state index in [1.54, 1.807) is 0 Å². The third-order valence-electron chi connectivity index (χ3n) is 3.32. The molecule has 1 aliphatic heterocycles. The van der Waals surface area contributed by atoms with Crippen molar-refractivity contribution in [3.8, 4) is 0 Å². The lowest BCUT2D eigenvalue weighted by Gasteiger charge is -2.28. The van der Waals surface area contributed by atoms with E-state index in [4.69, 9.17) is 0 Å². The summed E-state index contributed by atoms with van der Waals surface area (Å²) in [6.07, 6.45) is 10.3. The summed E-state index contributed by atoms with van der Waals surface area (Å²) < 4.78 is 0. The summed E-state index contributed by atoms with van der Waals surface area (Å²) in [5.74, 6) is 1.04. The molecule has 2 fully saturated rings. The highest BCUT2D eigenvalue weighted by Gasteiger charge is 2.25. The van der Waals surface area contributed by atoms with Gasteiger partial charge in [0.1, 0.15) is 0 Å². The van der Waals surface area contributed by atoms with E-state index >= 15 is 0 Å². The molecule has 1 saturated heterocycles. The van der Waals surface area contributed by atoms with Gasteiger partial charge in [-0.2, -0.15) is 0 Å². The first-order valence-electron chi connectivity index (χ1n) is 5.20. The predicted octanol–water partition coefficient (Wildman–Crippen LogP) is 2.74. The van der Waals surface area contributed by atoms with Crippen molar-refractivity contribution in [1.82, 2.24) is 5.32 Å². The molecule has 0 amide bonds. The van der Waals surface area contributed by atoms with Crippen LogP contribution in [0, 0.1) is 5.92 Å². The number of nitrogens with one attached hydrogen (secondary N) is 1. The molecule has 1 N–H and O–H groups in total. The van der Waals surface area contributed by atoms with Gasteiger partial charge in [-0.3, -0.25) is 0 Å². The zero-order chi connectivity index (χ0) is 7.52. The monoisotopic (exact) mass is 189 g/mol. The van der Waals surface area contributed by atoms with Gasteiger partial charge in [-0.05, 0) is 38.1 Å². The van der Waals surface area contributed by atoms with Crippen LogP contribution in [0.1, 0.15) is 44.9 Å². The maximum absolute atomic E-state index is 3.66. The van der Waals surface area contributed by atoms with Gasteiger partial charge in [0, 0.05) is 6.04 Å². The fraction of sp³-hybridized carbons (Fsp3) is 1.00. The fourth-order valence-electron chi connectivity index (χ4n) is 2.64. The van der Waals surface area contributed by atoms with Gasteiger partial charge in [0.05, 0.1) is 0 Å². The third kappa shape index (κ3) is 2.37. The smallest absolute Gasteiger partial charge is 0.00953 e. The first-order chi connectivity index (χ1) is 5.47. The maximum Gasteiger partial charge on any atom is 0.00953 e. The Morgan fingerprint density at radius 1 is 0.833 bits per heavy atom. The van der Waals surface area contributed by atoms with Gasteiger partial charge in [0.25, 0.3) is 0 Å². The molecule has 12 heavy (non-hydrogen) atoms. The normalized spacial score (nSPS) is 31.5. The lowest BCUT2D eigenvalue weighted by atomic mass is 9.91. The zero-order valence-electron chi connectivity index (χ0n) is 7.72. The Hall–Kier alpha value is 0.250. The van der Waals surface area contributed by atoms with Crippen molar-refractivity contribution < 1.29 is 0 Å². The van der Waals surface area contributed by atoms with Crippen molar-refractivity contribution in [2.24, 2.45) is 5.92 Å². The number of halogens is 1. The summed E-state index contributed by atoms with van der Waals surface area (Å²) in [5, 5.41) is 3.66. The molecule has 1 aliphatic carbocycles. The van der Waals surface area contributed by atoms with Gasteiger partial charge in [-0.15, -0.1) is 12.4 Å². The van der Waals surface area contributed by atoms with E-state index < -0.39 is 0 Å². The van der Waals surface area contributed by atoms with Crippen molar-refractivity contribution in [1.29, 1.82) is 0 Å². The Bertz CT molecular complexity index is 115. The molecule has 1 saturated carbocycles. The molecule has 0 bridgehead atoms. The summed E-state index contributed by atoms with van der Waals surface area (Å²) in [5.41, 5.74) is 0. The Balaban J connectivity index is 0.000000720. The molecular weight excluding hydrogens is 170 g/mol. The Kier molecular flexibility index (Phi) is 4.38. The van der Waals surface area contributed by atoms with E-state index in [1.165, 1.54) is 51.5 Å². The van der Waals surface area contributed by atoms with Crippen LogP contribution in [-0.4, -0.2) is 12.6 Å². The van der Waals surface area contributed by atoms with E-state index in [9.17, 15) is 0 Å². The van der Waals surface area contributed by atoms with E-state index in [2.05, 4.69) is 5.32 Å². The minimum atomic E-state index is 0. The molecule has 2 rings (SSSR count). The summed E-state index contributed by atoms with van der Waals surface area (Å²) in [4.78, 5) is 0. The van der Waals surface area contributed by atoms with E-state index in [0.29, 0.717) is 0 Å². The maximum atomic E-state index is 3.66. The van der Waals surface area contributed by atoms with Crippen LogP contribution < -0.4 is 5.32 Å². The molecule has 1 atom stereocenters. The lowest BCUT2D eigenvalue weighted by Crippen LogP contribution is -2.38. The minimum absolute atomic E-state index is 0. The van der Waals surface area contributed by atoms with Crippen molar-refractivity contribution in [3.05, 3.63) is 0 Å². The molecule has 72 valence electrons. The minimum Gasteiger partial charge on any atom is -0.314 e. The van der Waals surface area contributed by atoms with Crippen molar-refractivity contribution >= 4 is 12.4 Å². The Morgan fingerprint density at radius 3 is 2.08 bits per heavy atom. The molecule has 2 aliphatic rings. The Labute approximate surface area is 81.7 Å². The molecule has 0 radical (unpaired) electrons. The van der Waals surface area contributed by atoms with E-state index in [1.807, 2.05) is 0 Å². The number of hydrogen-bond donors (Lipinski definition) is 1. The van der Waals surface area contributed by atoms with Crippen LogP contribution >= 0.6 is 12.4 Å². The van der Waals surface area contributed by atoms with Gasteiger partial charge in [0.15, 0.2) is 0 Å². The van der Waals surface area contributed by atoms with Gasteiger partial charge in [-0.25, -0.2) is 0 Å². The largest absolute Gasteiger partial charge is 0.314 e. The molecule has 0 aromatic heterocycles. The zero-order valence-corrected chi connectivity index (χ0v) is 8.54. The fourth-order valence-corrected chi connectivity index (χ4v) is 2.64. The van der Waals surface area contributed by atoms with Crippen molar-refractivity contribution in [2.45, 2.75) is 51.0 Å². The summed E-state index contributed by atoms with van der Waals surface area (Å²) in [7, 11) is 0. The molecule has 1 nitrogen and oxygen atoms in total. The first kappa shape index (κ1) is 10.3. The summed E-state index contributed by atoms with van der Waals surface area (Å²) in [6, 6.07) is 0.895.